The van der Waals surface area contributed by atoms with Gasteiger partial charge in [-0.05, 0) is 42.2 Å². The van der Waals surface area contributed by atoms with Crippen molar-refractivity contribution in [1.82, 2.24) is 4.98 Å². The normalized spacial score (nSPS) is 19.7. The van der Waals surface area contributed by atoms with Crippen molar-refractivity contribution in [2.75, 3.05) is 5.32 Å². The van der Waals surface area contributed by atoms with Crippen LogP contribution in [-0.2, 0) is 4.79 Å². The van der Waals surface area contributed by atoms with Gasteiger partial charge in [0.1, 0.15) is 5.52 Å². The molecular formula is C18H15ClN2O2. The number of carbonyl (C=O) groups excluding carboxylic acids is 1. The van der Waals surface area contributed by atoms with E-state index in [1.54, 1.807) is 6.92 Å². The van der Waals surface area contributed by atoms with Crippen molar-refractivity contribution in [2.45, 2.75) is 19.3 Å². The Kier molecular flexibility index (Phi) is 3.34. The largest absolute Gasteiger partial charge is 0.441 e. The van der Waals surface area contributed by atoms with Crippen LogP contribution in [0, 0.1) is 12.8 Å². The van der Waals surface area contributed by atoms with Crippen LogP contribution in [0.2, 0.25) is 5.02 Å². The average molecular weight is 327 g/mol. The third-order valence-electron chi connectivity index (χ3n) is 4.19. The summed E-state index contributed by atoms with van der Waals surface area (Å²) in [7, 11) is 0. The van der Waals surface area contributed by atoms with E-state index in [9.17, 15) is 4.79 Å². The van der Waals surface area contributed by atoms with Gasteiger partial charge in [0.05, 0.1) is 0 Å². The zero-order valence-corrected chi connectivity index (χ0v) is 13.3. The van der Waals surface area contributed by atoms with Crippen molar-refractivity contribution >= 4 is 34.3 Å². The van der Waals surface area contributed by atoms with Crippen molar-refractivity contribution in [3.8, 4) is 0 Å². The van der Waals surface area contributed by atoms with Crippen LogP contribution in [-0.4, -0.2) is 10.9 Å². The lowest BCUT2D eigenvalue weighted by molar-refractivity contribution is -0.117. The molecule has 1 N–H and O–H groups in total. The zero-order valence-electron chi connectivity index (χ0n) is 12.5. The van der Waals surface area contributed by atoms with E-state index in [0.29, 0.717) is 5.89 Å². The number of anilines is 1. The Hall–Kier alpha value is -2.33. The van der Waals surface area contributed by atoms with E-state index >= 15 is 0 Å². The summed E-state index contributed by atoms with van der Waals surface area (Å²) >= 11 is 6.21. The number of amides is 1. The smallest absolute Gasteiger partial charge is 0.228 e. The first-order valence-corrected chi connectivity index (χ1v) is 7.92. The van der Waals surface area contributed by atoms with E-state index < -0.39 is 0 Å². The van der Waals surface area contributed by atoms with Crippen LogP contribution in [0.1, 0.15) is 23.8 Å². The molecule has 1 aliphatic rings. The van der Waals surface area contributed by atoms with Gasteiger partial charge in [-0.1, -0.05) is 29.8 Å². The third kappa shape index (κ3) is 2.70. The number of hydrogen-bond donors (Lipinski definition) is 1. The molecule has 2 aromatic carbocycles. The van der Waals surface area contributed by atoms with Crippen LogP contribution in [0.4, 0.5) is 5.69 Å². The average Bonchev–Trinajstić information content (AvgIpc) is 3.23. The minimum atomic E-state index is -0.0235. The first kappa shape index (κ1) is 14.3. The molecule has 23 heavy (non-hydrogen) atoms. The van der Waals surface area contributed by atoms with E-state index in [-0.39, 0.29) is 17.7 Å². The molecule has 1 fully saturated rings. The summed E-state index contributed by atoms with van der Waals surface area (Å²) in [5.74, 6) is 0.824. The minimum absolute atomic E-state index is 0.0227. The van der Waals surface area contributed by atoms with E-state index in [0.717, 1.165) is 33.8 Å². The number of halogens is 1. The second-order valence-electron chi connectivity index (χ2n) is 5.87. The molecule has 1 aliphatic carbocycles. The molecule has 0 saturated heterocycles. The molecule has 0 spiro atoms. The summed E-state index contributed by atoms with van der Waals surface area (Å²) in [6.07, 6.45) is 0.834. The summed E-state index contributed by atoms with van der Waals surface area (Å²) in [5.41, 5.74) is 3.26. The van der Waals surface area contributed by atoms with Gasteiger partial charge in [0.25, 0.3) is 0 Å². The lowest BCUT2D eigenvalue weighted by atomic mass is 10.1. The first-order chi connectivity index (χ1) is 11.1. The summed E-state index contributed by atoms with van der Waals surface area (Å²) < 4.78 is 5.44. The highest BCUT2D eigenvalue weighted by molar-refractivity contribution is 6.31. The monoisotopic (exact) mass is 326 g/mol. The number of nitrogens with zero attached hydrogens (tertiary/aromatic N) is 1. The van der Waals surface area contributed by atoms with Crippen LogP contribution in [0.3, 0.4) is 0 Å². The van der Waals surface area contributed by atoms with E-state index in [1.165, 1.54) is 0 Å². The van der Waals surface area contributed by atoms with Crippen LogP contribution in [0.15, 0.2) is 46.9 Å². The number of benzene rings is 2. The van der Waals surface area contributed by atoms with E-state index in [2.05, 4.69) is 10.3 Å². The Balaban J connectivity index is 1.49. The van der Waals surface area contributed by atoms with Gasteiger partial charge in [-0.3, -0.25) is 4.79 Å². The molecule has 1 aromatic heterocycles. The number of fused-ring (bicyclic) bond motifs is 1. The Labute approximate surface area is 138 Å². The highest BCUT2D eigenvalue weighted by atomic mass is 35.5. The van der Waals surface area contributed by atoms with Gasteiger partial charge in [0.15, 0.2) is 11.5 Å². The van der Waals surface area contributed by atoms with Crippen molar-refractivity contribution in [3.63, 3.8) is 0 Å². The van der Waals surface area contributed by atoms with Crippen LogP contribution < -0.4 is 5.32 Å². The molecule has 4 nitrogen and oxygen atoms in total. The molecule has 116 valence electrons. The second-order valence-corrected chi connectivity index (χ2v) is 6.28. The minimum Gasteiger partial charge on any atom is -0.441 e. The van der Waals surface area contributed by atoms with Crippen LogP contribution in [0.5, 0.6) is 0 Å². The maximum atomic E-state index is 12.4. The lowest BCUT2D eigenvalue weighted by Crippen LogP contribution is -2.14. The highest BCUT2D eigenvalue weighted by Gasteiger charge is 2.44. The molecule has 1 saturated carbocycles. The predicted molar refractivity (Wildman–Crippen MR) is 89.7 cm³/mol. The second kappa shape index (κ2) is 5.39. The molecule has 5 heteroatoms. The molecule has 3 aromatic rings. The maximum absolute atomic E-state index is 12.4. The number of nitrogens with one attached hydrogen (secondary N) is 1. The van der Waals surface area contributed by atoms with Crippen molar-refractivity contribution < 1.29 is 9.21 Å². The molecule has 0 bridgehead atoms. The van der Waals surface area contributed by atoms with Gasteiger partial charge in [-0.2, -0.15) is 0 Å². The molecule has 1 heterocycles. The number of hydrogen-bond acceptors (Lipinski definition) is 3. The number of aromatic nitrogens is 1. The third-order valence-corrected chi connectivity index (χ3v) is 4.54. The molecule has 0 radical (unpaired) electrons. The summed E-state index contributed by atoms with van der Waals surface area (Å²) in [6, 6.07) is 13.2. The number of carbonyl (C=O) groups is 1. The van der Waals surface area contributed by atoms with Crippen LogP contribution in [0.25, 0.3) is 11.1 Å². The van der Waals surface area contributed by atoms with Gasteiger partial charge in [-0.15, -0.1) is 0 Å². The van der Waals surface area contributed by atoms with Gasteiger partial charge >= 0.3 is 0 Å². The maximum Gasteiger partial charge on any atom is 0.228 e. The van der Waals surface area contributed by atoms with Gasteiger partial charge in [-0.25, -0.2) is 4.98 Å². The van der Waals surface area contributed by atoms with Gasteiger partial charge in [0, 0.05) is 23.6 Å². The molecular weight excluding hydrogens is 312 g/mol. The summed E-state index contributed by atoms with van der Waals surface area (Å²) in [4.78, 5) is 16.7. The van der Waals surface area contributed by atoms with Gasteiger partial charge < -0.3 is 9.73 Å². The van der Waals surface area contributed by atoms with Crippen LogP contribution >= 0.6 is 11.6 Å². The molecule has 4 rings (SSSR count). The topological polar surface area (TPSA) is 55.1 Å². The Bertz CT molecular complexity index is 903. The Morgan fingerprint density at radius 2 is 2.13 bits per heavy atom. The number of rotatable bonds is 3. The molecule has 2 unspecified atom stereocenters. The number of oxazole rings is 1. The fourth-order valence-electron chi connectivity index (χ4n) is 2.96. The molecule has 0 aliphatic heterocycles. The highest BCUT2D eigenvalue weighted by Crippen LogP contribution is 2.50. The van der Waals surface area contributed by atoms with Crippen molar-refractivity contribution in [3.05, 3.63) is 58.9 Å². The Morgan fingerprint density at radius 3 is 2.96 bits per heavy atom. The fourth-order valence-corrected chi connectivity index (χ4v) is 3.24. The molecule has 2 atom stereocenters. The number of aryl methyl sites for hydroxylation is 1. The van der Waals surface area contributed by atoms with E-state index in [4.69, 9.17) is 16.0 Å². The van der Waals surface area contributed by atoms with E-state index in [1.807, 2.05) is 42.5 Å². The van der Waals surface area contributed by atoms with Crippen molar-refractivity contribution in [2.24, 2.45) is 5.92 Å². The summed E-state index contributed by atoms with van der Waals surface area (Å²) in [6.45, 7) is 1.80. The molecule has 1 amide bonds. The quantitative estimate of drug-likeness (QED) is 0.769. The fraction of sp³-hybridized carbons (Fsp3) is 0.222. The predicted octanol–water partition coefficient (Wildman–Crippen LogP) is 4.53. The lowest BCUT2D eigenvalue weighted by Gasteiger charge is -2.06. The SMILES string of the molecule is Cc1nc2cc(NC(=O)C3CC3c3ccccc3Cl)ccc2o1. The van der Waals surface area contributed by atoms with Gasteiger partial charge in [0.2, 0.25) is 5.91 Å². The first-order valence-electron chi connectivity index (χ1n) is 7.54. The standard InChI is InChI=1S/C18H15ClN2O2/c1-10-20-16-8-11(6-7-17(16)23-10)21-18(22)14-9-13(14)12-4-2-3-5-15(12)19/h2-8,13-14H,9H2,1H3,(H,21,22). The Morgan fingerprint density at radius 1 is 1.30 bits per heavy atom. The van der Waals surface area contributed by atoms with Crippen molar-refractivity contribution in [1.29, 1.82) is 0 Å². The zero-order chi connectivity index (χ0) is 16.0. The summed E-state index contributed by atoms with van der Waals surface area (Å²) in [5, 5.41) is 3.69.